The van der Waals surface area contributed by atoms with Crippen molar-refractivity contribution in [2.45, 2.75) is 0 Å². The van der Waals surface area contributed by atoms with Gasteiger partial charge in [0, 0.05) is 39.1 Å². The molecule has 2 rings (SSSR count). The Morgan fingerprint density at radius 3 is 2.50 bits per heavy atom. The molecule has 0 bridgehead atoms. The van der Waals surface area contributed by atoms with E-state index in [1.165, 1.54) is 0 Å². The zero-order valence-electron chi connectivity index (χ0n) is 6.39. The Morgan fingerprint density at radius 2 is 2.00 bits per heavy atom. The maximum Gasteiger partial charge on any atom is 0.317 e. The molecule has 0 aliphatic rings. The highest BCUT2D eigenvalue weighted by atomic mass is 36.0. The van der Waals surface area contributed by atoms with Crippen molar-refractivity contribution >= 4 is 57.5 Å². The second-order valence-electron chi connectivity index (χ2n) is 2.03. The van der Waals surface area contributed by atoms with E-state index in [4.69, 9.17) is 20.0 Å². The van der Waals surface area contributed by atoms with Gasteiger partial charge in [0.2, 0.25) is 0 Å². The fourth-order valence-corrected chi connectivity index (χ4v) is 1.63. The van der Waals surface area contributed by atoms with Crippen LogP contribution in [0.5, 0.6) is 0 Å². The van der Waals surface area contributed by atoms with Gasteiger partial charge >= 0.3 is 8.26 Å². The third-order valence-corrected chi connectivity index (χ3v) is 2.02. The molecule has 0 radical (unpaired) electrons. The van der Waals surface area contributed by atoms with Gasteiger partial charge in [-0.25, -0.2) is 4.98 Å². The molecule has 0 spiro atoms. The highest BCUT2D eigenvalue weighted by molar-refractivity contribution is 8.31. The Kier molecular flexibility index (Phi) is 4.03. The van der Waals surface area contributed by atoms with Gasteiger partial charge in [0.05, 0.1) is 0 Å². The number of fused-ring (bicyclic) bond motifs is 1. The molecule has 0 aliphatic heterocycles. The van der Waals surface area contributed by atoms with Gasteiger partial charge in [-0.1, -0.05) is 11.6 Å². The lowest BCUT2D eigenvalue weighted by Gasteiger charge is -1.71. The SMILES string of the molecule is Clc1cn2ccsc2n1.O=S(=O)(Cl)Cl. The summed E-state index contributed by atoms with van der Waals surface area (Å²) >= 11 is 7.17. The van der Waals surface area contributed by atoms with E-state index in [0.29, 0.717) is 5.15 Å². The van der Waals surface area contributed by atoms with Crippen molar-refractivity contribution < 1.29 is 8.42 Å². The number of halogens is 3. The van der Waals surface area contributed by atoms with Crippen molar-refractivity contribution in [3.8, 4) is 0 Å². The summed E-state index contributed by atoms with van der Waals surface area (Å²) < 4.78 is 20.2. The highest BCUT2D eigenvalue weighted by Gasteiger charge is 1.96. The number of thiazole rings is 1. The standard InChI is InChI=1S/C5H3ClN2S.Cl2O2S/c6-4-3-8-1-2-9-5(8)7-4;1-5(2,3)4/h1-3H;. The Balaban J connectivity index is 0.000000171. The minimum atomic E-state index is -3.72. The van der Waals surface area contributed by atoms with Crippen LogP contribution in [0.3, 0.4) is 0 Å². The van der Waals surface area contributed by atoms with Crippen LogP contribution in [0.25, 0.3) is 4.96 Å². The van der Waals surface area contributed by atoms with E-state index in [1.54, 1.807) is 17.5 Å². The molecule has 78 valence electrons. The van der Waals surface area contributed by atoms with E-state index in [0.717, 1.165) is 4.96 Å². The van der Waals surface area contributed by atoms with E-state index in [1.807, 2.05) is 16.0 Å². The third-order valence-electron chi connectivity index (χ3n) is 1.06. The number of hydrogen-bond acceptors (Lipinski definition) is 4. The zero-order valence-corrected chi connectivity index (χ0v) is 10.3. The predicted octanol–water partition coefficient (Wildman–Crippen LogP) is 2.76. The number of nitrogens with zero attached hydrogens (tertiary/aromatic N) is 2. The van der Waals surface area contributed by atoms with Gasteiger partial charge in [0.1, 0.15) is 5.15 Å². The van der Waals surface area contributed by atoms with Crippen LogP contribution in [-0.4, -0.2) is 17.8 Å². The molecule has 0 saturated heterocycles. The molecular formula is C5H3Cl3N2O2S2. The zero-order chi connectivity index (χ0) is 10.8. The van der Waals surface area contributed by atoms with Crippen molar-refractivity contribution in [3.63, 3.8) is 0 Å². The molecule has 0 atom stereocenters. The van der Waals surface area contributed by atoms with Gasteiger partial charge in [-0.15, -0.1) is 11.3 Å². The average Bonchev–Trinajstić information content (AvgIpc) is 2.40. The lowest BCUT2D eigenvalue weighted by Crippen LogP contribution is -1.66. The lowest BCUT2D eigenvalue weighted by molar-refractivity contribution is 0.621. The maximum atomic E-state index is 9.16. The van der Waals surface area contributed by atoms with Crippen LogP contribution in [0.2, 0.25) is 5.15 Å². The lowest BCUT2D eigenvalue weighted by atomic mass is 10.9. The van der Waals surface area contributed by atoms with Crippen LogP contribution in [0.15, 0.2) is 17.8 Å². The Morgan fingerprint density at radius 1 is 1.43 bits per heavy atom. The van der Waals surface area contributed by atoms with E-state index >= 15 is 0 Å². The monoisotopic (exact) mass is 292 g/mol. The molecule has 0 N–H and O–H groups in total. The van der Waals surface area contributed by atoms with Gasteiger partial charge in [0.25, 0.3) is 0 Å². The summed E-state index contributed by atoms with van der Waals surface area (Å²) in [4.78, 5) is 4.96. The van der Waals surface area contributed by atoms with E-state index < -0.39 is 8.26 Å². The van der Waals surface area contributed by atoms with Crippen LogP contribution in [-0.2, 0) is 8.26 Å². The summed E-state index contributed by atoms with van der Waals surface area (Å²) in [5.74, 6) is 0. The Bertz CT molecular complexity index is 481. The van der Waals surface area contributed by atoms with E-state index in [2.05, 4.69) is 26.3 Å². The number of aromatic nitrogens is 2. The fourth-order valence-electron chi connectivity index (χ4n) is 0.699. The van der Waals surface area contributed by atoms with E-state index in [-0.39, 0.29) is 0 Å². The molecule has 0 saturated carbocycles. The van der Waals surface area contributed by atoms with Gasteiger partial charge in [-0.05, 0) is 0 Å². The van der Waals surface area contributed by atoms with Crippen LogP contribution in [0, 0.1) is 0 Å². The highest BCUT2D eigenvalue weighted by Crippen LogP contribution is 2.13. The summed E-state index contributed by atoms with van der Waals surface area (Å²) in [6.07, 6.45) is 3.71. The number of imidazole rings is 1. The topological polar surface area (TPSA) is 51.4 Å². The molecular weight excluding hydrogens is 291 g/mol. The molecule has 14 heavy (non-hydrogen) atoms. The first kappa shape index (κ1) is 12.1. The molecule has 9 heteroatoms. The Labute approximate surface area is 98.0 Å². The first-order valence-corrected chi connectivity index (χ1v) is 7.47. The normalized spacial score (nSPS) is 11.1. The van der Waals surface area contributed by atoms with Gasteiger partial charge < -0.3 is 0 Å². The summed E-state index contributed by atoms with van der Waals surface area (Å²) in [6.45, 7) is 0. The maximum absolute atomic E-state index is 9.16. The molecule has 2 aromatic heterocycles. The molecule has 4 nitrogen and oxygen atoms in total. The second-order valence-corrected chi connectivity index (χ2v) is 6.96. The number of rotatable bonds is 0. The fraction of sp³-hybridized carbons (Fsp3) is 0. The quantitative estimate of drug-likeness (QED) is 0.702. The third kappa shape index (κ3) is 4.47. The van der Waals surface area contributed by atoms with Crippen molar-refractivity contribution in [2.75, 3.05) is 0 Å². The second kappa shape index (κ2) is 4.67. The summed E-state index contributed by atoms with van der Waals surface area (Å²) in [5.41, 5.74) is 0. The molecule has 0 amide bonds. The van der Waals surface area contributed by atoms with Crippen molar-refractivity contribution in [2.24, 2.45) is 0 Å². The summed E-state index contributed by atoms with van der Waals surface area (Å²) in [7, 11) is 4.81. The van der Waals surface area contributed by atoms with Crippen molar-refractivity contribution in [1.29, 1.82) is 0 Å². The van der Waals surface area contributed by atoms with Crippen LogP contribution in [0.4, 0.5) is 0 Å². The first-order valence-electron chi connectivity index (χ1n) is 3.08. The van der Waals surface area contributed by atoms with E-state index in [9.17, 15) is 0 Å². The molecule has 0 unspecified atom stereocenters. The largest absolute Gasteiger partial charge is 0.317 e. The molecule has 0 aromatic carbocycles. The minimum Gasteiger partial charge on any atom is -0.296 e. The van der Waals surface area contributed by atoms with Gasteiger partial charge in [-0.3, -0.25) is 4.40 Å². The first-order chi connectivity index (χ1) is 6.36. The average molecular weight is 294 g/mol. The number of hydrogen-bond donors (Lipinski definition) is 0. The van der Waals surface area contributed by atoms with Crippen LogP contribution >= 0.6 is 44.3 Å². The predicted molar refractivity (Wildman–Crippen MR) is 58.7 cm³/mol. The van der Waals surface area contributed by atoms with Gasteiger partial charge in [0.15, 0.2) is 4.96 Å². The van der Waals surface area contributed by atoms with Gasteiger partial charge in [-0.2, -0.15) is 8.42 Å². The smallest absolute Gasteiger partial charge is 0.296 e. The molecule has 2 aromatic rings. The summed E-state index contributed by atoms with van der Waals surface area (Å²) in [6, 6.07) is 0. The van der Waals surface area contributed by atoms with Crippen LogP contribution in [0.1, 0.15) is 0 Å². The van der Waals surface area contributed by atoms with Crippen molar-refractivity contribution in [1.82, 2.24) is 9.38 Å². The molecule has 2 heterocycles. The minimum absolute atomic E-state index is 0.557. The Hall–Kier alpha value is -0.0100. The van der Waals surface area contributed by atoms with Crippen LogP contribution < -0.4 is 0 Å². The molecule has 0 aliphatic carbocycles. The molecule has 0 fully saturated rings. The summed E-state index contributed by atoms with van der Waals surface area (Å²) in [5, 5.41) is 2.53. The van der Waals surface area contributed by atoms with Crippen molar-refractivity contribution in [3.05, 3.63) is 22.9 Å².